The van der Waals surface area contributed by atoms with Crippen LogP contribution in [-0.4, -0.2) is 39.3 Å². The second kappa shape index (κ2) is 7.36. The maximum atomic E-state index is 13.5. The number of aromatic nitrogens is 2. The van der Waals surface area contributed by atoms with Gasteiger partial charge in [-0.2, -0.15) is 8.78 Å². The summed E-state index contributed by atoms with van der Waals surface area (Å²) in [6.07, 6.45) is 3.99. The number of rotatable bonds is 5. The van der Waals surface area contributed by atoms with Crippen molar-refractivity contribution in [2.24, 2.45) is 5.92 Å². The highest BCUT2D eigenvalue weighted by Crippen LogP contribution is 2.26. The summed E-state index contributed by atoms with van der Waals surface area (Å²) in [7, 11) is 0. The average molecular weight is 323 g/mol. The second-order valence-corrected chi connectivity index (χ2v) is 6.25. The zero-order valence-electron chi connectivity index (χ0n) is 13.2. The highest BCUT2D eigenvalue weighted by molar-refractivity contribution is 5.75. The van der Waals surface area contributed by atoms with Crippen LogP contribution < -0.4 is 0 Å². The number of aliphatic hydroxyl groups is 1. The fourth-order valence-electron chi connectivity index (χ4n) is 3.48. The van der Waals surface area contributed by atoms with Crippen LogP contribution in [0, 0.1) is 5.92 Å². The summed E-state index contributed by atoms with van der Waals surface area (Å²) in [6, 6.07) is 7.05. The van der Waals surface area contributed by atoms with Crippen LogP contribution in [0.15, 0.2) is 24.3 Å². The third-order valence-corrected chi connectivity index (χ3v) is 4.71. The average Bonchev–Trinajstić information content (AvgIpc) is 2.75. The Morgan fingerprint density at radius 2 is 2.04 bits per heavy atom. The van der Waals surface area contributed by atoms with Crippen LogP contribution in [0.4, 0.5) is 8.78 Å². The lowest BCUT2D eigenvalue weighted by Crippen LogP contribution is -2.26. The number of hydrogen-bond acceptors (Lipinski definition) is 3. The molecule has 1 atom stereocenters. The summed E-state index contributed by atoms with van der Waals surface area (Å²) < 4.78 is 28.0. The molecule has 0 amide bonds. The van der Waals surface area contributed by atoms with Gasteiger partial charge in [-0.25, -0.2) is 4.98 Å². The second-order valence-electron chi connectivity index (χ2n) is 6.25. The first kappa shape index (κ1) is 16.3. The molecule has 3 rings (SSSR count). The lowest BCUT2D eigenvalue weighted by molar-refractivity contribution is 0.0684. The number of likely N-dealkylation sites (tertiary alicyclic amines) is 1. The first-order valence-electron chi connectivity index (χ1n) is 8.26. The molecule has 0 spiro atoms. The molecule has 2 aromatic rings. The van der Waals surface area contributed by atoms with Crippen molar-refractivity contribution in [2.75, 3.05) is 19.7 Å². The summed E-state index contributed by atoms with van der Waals surface area (Å²) in [5, 5.41) is 9.08. The predicted molar refractivity (Wildman–Crippen MR) is 85.3 cm³/mol. The van der Waals surface area contributed by atoms with Crippen LogP contribution in [0.25, 0.3) is 11.0 Å². The number of para-hydroxylation sites is 2. The van der Waals surface area contributed by atoms with Crippen molar-refractivity contribution in [1.82, 2.24) is 14.5 Å². The van der Waals surface area contributed by atoms with E-state index in [-0.39, 0.29) is 6.61 Å². The largest absolute Gasteiger partial charge is 0.396 e. The Hall–Kier alpha value is -1.53. The molecule has 2 heterocycles. The molecule has 4 nitrogen and oxygen atoms in total. The SMILES string of the molecule is OCCC1CCCN(Cc2nc3ccccc3n2C(F)F)CC1. The van der Waals surface area contributed by atoms with Crippen molar-refractivity contribution in [3.63, 3.8) is 0 Å². The lowest BCUT2D eigenvalue weighted by atomic mass is 9.98. The third-order valence-electron chi connectivity index (χ3n) is 4.71. The van der Waals surface area contributed by atoms with Gasteiger partial charge in [0.05, 0.1) is 17.6 Å². The van der Waals surface area contributed by atoms with E-state index in [0.29, 0.717) is 29.3 Å². The highest BCUT2D eigenvalue weighted by atomic mass is 19.3. The number of imidazole rings is 1. The van der Waals surface area contributed by atoms with Gasteiger partial charge in [-0.15, -0.1) is 0 Å². The molecule has 0 bridgehead atoms. The minimum absolute atomic E-state index is 0.228. The van der Waals surface area contributed by atoms with E-state index in [4.69, 9.17) is 5.11 Å². The lowest BCUT2D eigenvalue weighted by Gasteiger charge is -2.20. The van der Waals surface area contributed by atoms with E-state index in [1.165, 1.54) is 0 Å². The van der Waals surface area contributed by atoms with Gasteiger partial charge in [-0.3, -0.25) is 9.47 Å². The summed E-state index contributed by atoms with van der Waals surface area (Å²) in [5.74, 6) is 0.973. The van der Waals surface area contributed by atoms with Crippen molar-refractivity contribution >= 4 is 11.0 Å². The smallest absolute Gasteiger partial charge is 0.320 e. The molecule has 1 aromatic heterocycles. The Morgan fingerprint density at radius 3 is 2.83 bits per heavy atom. The van der Waals surface area contributed by atoms with Gasteiger partial charge in [0, 0.05) is 6.61 Å². The van der Waals surface area contributed by atoms with Gasteiger partial charge in [-0.1, -0.05) is 12.1 Å². The number of aliphatic hydroxyl groups excluding tert-OH is 1. The zero-order valence-corrected chi connectivity index (χ0v) is 13.2. The number of alkyl halides is 2. The van der Waals surface area contributed by atoms with Crippen LogP contribution in [0.2, 0.25) is 0 Å². The molecule has 1 aliphatic heterocycles. The molecule has 1 aliphatic rings. The number of fused-ring (bicyclic) bond motifs is 1. The van der Waals surface area contributed by atoms with Gasteiger partial charge in [0.15, 0.2) is 0 Å². The minimum atomic E-state index is -2.58. The maximum Gasteiger partial charge on any atom is 0.320 e. The molecule has 126 valence electrons. The Labute approximate surface area is 134 Å². The molecule has 0 saturated carbocycles. The Bertz CT molecular complexity index is 644. The van der Waals surface area contributed by atoms with Crippen LogP contribution in [0.1, 0.15) is 38.1 Å². The van der Waals surface area contributed by atoms with Crippen LogP contribution in [0.5, 0.6) is 0 Å². The molecule has 6 heteroatoms. The van der Waals surface area contributed by atoms with Crippen LogP contribution >= 0.6 is 0 Å². The van der Waals surface area contributed by atoms with Gasteiger partial charge in [0.25, 0.3) is 0 Å². The topological polar surface area (TPSA) is 41.3 Å². The predicted octanol–water partition coefficient (Wildman–Crippen LogP) is 3.42. The van der Waals surface area contributed by atoms with Gasteiger partial charge in [-0.05, 0) is 56.8 Å². The molecule has 1 saturated heterocycles. The van der Waals surface area contributed by atoms with Gasteiger partial charge in [0.1, 0.15) is 5.82 Å². The van der Waals surface area contributed by atoms with Gasteiger partial charge < -0.3 is 5.11 Å². The van der Waals surface area contributed by atoms with Crippen molar-refractivity contribution < 1.29 is 13.9 Å². The molecule has 1 unspecified atom stereocenters. The van der Waals surface area contributed by atoms with Crippen LogP contribution in [-0.2, 0) is 6.54 Å². The summed E-state index contributed by atoms with van der Waals surface area (Å²) in [5.41, 5.74) is 1.11. The first-order chi connectivity index (χ1) is 11.2. The van der Waals surface area contributed by atoms with Crippen molar-refractivity contribution in [1.29, 1.82) is 0 Å². The summed E-state index contributed by atoms with van der Waals surface area (Å²) in [6.45, 7) is -0.131. The van der Waals surface area contributed by atoms with Crippen LogP contribution in [0.3, 0.4) is 0 Å². The quantitative estimate of drug-likeness (QED) is 0.917. The fourth-order valence-corrected chi connectivity index (χ4v) is 3.48. The van der Waals surface area contributed by atoms with E-state index in [9.17, 15) is 8.78 Å². The normalized spacial score (nSPS) is 20.3. The molecule has 1 aromatic carbocycles. The number of benzene rings is 1. The molecule has 0 aliphatic carbocycles. The number of halogens is 2. The minimum Gasteiger partial charge on any atom is -0.396 e. The number of nitrogens with zero attached hydrogens (tertiary/aromatic N) is 3. The van der Waals surface area contributed by atoms with E-state index >= 15 is 0 Å². The Kier molecular flexibility index (Phi) is 5.23. The van der Waals surface area contributed by atoms with E-state index in [0.717, 1.165) is 43.3 Å². The van der Waals surface area contributed by atoms with Gasteiger partial charge >= 0.3 is 6.55 Å². The van der Waals surface area contributed by atoms with E-state index in [2.05, 4.69) is 9.88 Å². The Morgan fingerprint density at radius 1 is 1.22 bits per heavy atom. The summed E-state index contributed by atoms with van der Waals surface area (Å²) >= 11 is 0. The fraction of sp³-hybridized carbons (Fsp3) is 0.588. The molecule has 23 heavy (non-hydrogen) atoms. The molecule has 1 N–H and O–H groups in total. The third kappa shape index (κ3) is 3.70. The highest BCUT2D eigenvalue weighted by Gasteiger charge is 2.22. The standard InChI is InChI=1S/C17H23F2N3O/c18-17(19)22-15-6-2-1-5-14(15)20-16(22)12-21-9-3-4-13(7-10-21)8-11-23/h1-2,5-6,13,17,23H,3-4,7-12H2. The first-order valence-corrected chi connectivity index (χ1v) is 8.26. The summed E-state index contributed by atoms with van der Waals surface area (Å²) in [4.78, 5) is 6.62. The van der Waals surface area contributed by atoms with Crippen molar-refractivity contribution in [3.8, 4) is 0 Å². The van der Waals surface area contributed by atoms with Crippen molar-refractivity contribution in [2.45, 2.75) is 38.8 Å². The van der Waals surface area contributed by atoms with Gasteiger partial charge in [0.2, 0.25) is 0 Å². The number of hydrogen-bond donors (Lipinski definition) is 1. The molecule has 0 radical (unpaired) electrons. The molecule has 1 fully saturated rings. The molecular weight excluding hydrogens is 300 g/mol. The zero-order chi connectivity index (χ0) is 16.2. The maximum absolute atomic E-state index is 13.5. The van der Waals surface area contributed by atoms with E-state index in [1.807, 2.05) is 6.07 Å². The Balaban J connectivity index is 1.77. The van der Waals surface area contributed by atoms with Crippen molar-refractivity contribution in [3.05, 3.63) is 30.1 Å². The molecular formula is C17H23F2N3O. The van der Waals surface area contributed by atoms with E-state index < -0.39 is 6.55 Å². The monoisotopic (exact) mass is 323 g/mol. The van der Waals surface area contributed by atoms with E-state index in [1.54, 1.807) is 18.2 Å².